The molecular formula is C16H18N2O3. The number of hydrogen-bond acceptors (Lipinski definition) is 3. The predicted octanol–water partition coefficient (Wildman–Crippen LogP) is 1.00. The normalized spacial score (nSPS) is 18.6. The van der Waals surface area contributed by atoms with E-state index in [2.05, 4.69) is 11.9 Å². The average Bonchev–Trinajstić information content (AvgIpc) is 3.25. The van der Waals surface area contributed by atoms with E-state index in [4.69, 9.17) is 0 Å². The molecule has 1 fully saturated rings. The van der Waals surface area contributed by atoms with Crippen LogP contribution < -0.4 is 5.32 Å². The highest BCUT2D eigenvalue weighted by atomic mass is 16.3. The fourth-order valence-corrected chi connectivity index (χ4v) is 2.56. The van der Waals surface area contributed by atoms with Crippen LogP contribution in [0.25, 0.3) is 5.70 Å². The minimum absolute atomic E-state index is 0.0339. The Hall–Kier alpha value is -2.14. The maximum atomic E-state index is 12.3. The number of aliphatic hydroxyl groups excluding tert-OH is 1. The third-order valence-corrected chi connectivity index (χ3v) is 4.29. The summed E-state index contributed by atoms with van der Waals surface area (Å²) < 4.78 is 0. The summed E-state index contributed by atoms with van der Waals surface area (Å²) in [5.41, 5.74) is 1.80. The number of benzene rings is 1. The lowest BCUT2D eigenvalue weighted by Crippen LogP contribution is -2.39. The van der Waals surface area contributed by atoms with Crippen molar-refractivity contribution in [2.45, 2.75) is 12.8 Å². The van der Waals surface area contributed by atoms with Crippen molar-refractivity contribution in [1.82, 2.24) is 10.2 Å². The van der Waals surface area contributed by atoms with E-state index in [1.54, 1.807) is 12.1 Å². The van der Waals surface area contributed by atoms with Crippen molar-refractivity contribution in [3.05, 3.63) is 42.0 Å². The van der Waals surface area contributed by atoms with Gasteiger partial charge in [0.05, 0.1) is 6.61 Å². The van der Waals surface area contributed by atoms with Crippen LogP contribution in [0.5, 0.6) is 0 Å². The highest BCUT2D eigenvalue weighted by Gasteiger charge is 2.42. The minimum atomic E-state index is -0.225. The summed E-state index contributed by atoms with van der Waals surface area (Å²) in [7, 11) is 0. The molecule has 0 atom stereocenters. The van der Waals surface area contributed by atoms with Crippen molar-refractivity contribution in [1.29, 1.82) is 0 Å². The third kappa shape index (κ3) is 2.45. The molecule has 5 nitrogen and oxygen atoms in total. The van der Waals surface area contributed by atoms with E-state index in [0.29, 0.717) is 17.8 Å². The number of carbonyl (C=O) groups excluding carboxylic acids is 2. The highest BCUT2D eigenvalue weighted by molar-refractivity contribution is 6.10. The number of carbonyl (C=O) groups is 2. The van der Waals surface area contributed by atoms with E-state index >= 15 is 0 Å². The number of hydrogen-bond donors (Lipinski definition) is 2. The maximum Gasteiger partial charge on any atom is 0.259 e. The summed E-state index contributed by atoms with van der Waals surface area (Å²) in [6.07, 6.45) is 1.87. The van der Waals surface area contributed by atoms with Gasteiger partial charge in [0.2, 0.25) is 5.91 Å². The van der Waals surface area contributed by atoms with Crippen molar-refractivity contribution >= 4 is 17.5 Å². The van der Waals surface area contributed by atoms with E-state index in [1.165, 1.54) is 4.90 Å². The summed E-state index contributed by atoms with van der Waals surface area (Å²) in [6, 6.07) is 7.22. The van der Waals surface area contributed by atoms with E-state index in [0.717, 1.165) is 18.4 Å². The molecular weight excluding hydrogens is 268 g/mol. The van der Waals surface area contributed by atoms with Gasteiger partial charge in [-0.2, -0.15) is 0 Å². The molecule has 1 aromatic carbocycles. The van der Waals surface area contributed by atoms with Crippen LogP contribution in [0.3, 0.4) is 0 Å². The van der Waals surface area contributed by atoms with Crippen molar-refractivity contribution in [2.75, 3.05) is 19.7 Å². The number of aliphatic hydroxyl groups is 1. The zero-order valence-corrected chi connectivity index (χ0v) is 11.8. The Labute approximate surface area is 123 Å². The Kier molecular flexibility index (Phi) is 3.29. The Balaban J connectivity index is 1.62. The van der Waals surface area contributed by atoms with Gasteiger partial charge in [-0.15, -0.1) is 0 Å². The van der Waals surface area contributed by atoms with Crippen LogP contribution in [0, 0.1) is 5.41 Å². The number of amides is 2. The van der Waals surface area contributed by atoms with E-state index in [1.807, 2.05) is 12.1 Å². The SMILES string of the molecule is C=C1c2ccccc2C(=O)N1CC(=O)NCC1(CO)CC1. The fourth-order valence-electron chi connectivity index (χ4n) is 2.56. The van der Waals surface area contributed by atoms with Gasteiger partial charge in [0, 0.05) is 28.8 Å². The van der Waals surface area contributed by atoms with Gasteiger partial charge >= 0.3 is 0 Å². The lowest BCUT2D eigenvalue weighted by molar-refractivity contribution is -0.121. The van der Waals surface area contributed by atoms with Crippen LogP contribution >= 0.6 is 0 Å². The predicted molar refractivity (Wildman–Crippen MR) is 78.3 cm³/mol. The zero-order chi connectivity index (χ0) is 15.0. The van der Waals surface area contributed by atoms with E-state index in [-0.39, 0.29) is 30.4 Å². The Morgan fingerprint density at radius 2 is 2.00 bits per heavy atom. The van der Waals surface area contributed by atoms with Crippen LogP contribution in [0.4, 0.5) is 0 Å². The lowest BCUT2D eigenvalue weighted by Gasteiger charge is -2.18. The van der Waals surface area contributed by atoms with Gasteiger partial charge in [0.1, 0.15) is 6.54 Å². The molecule has 2 aliphatic rings. The second-order valence-corrected chi connectivity index (χ2v) is 5.82. The monoisotopic (exact) mass is 286 g/mol. The topological polar surface area (TPSA) is 69.6 Å². The first-order valence-electron chi connectivity index (χ1n) is 7.04. The molecule has 3 rings (SSSR count). The van der Waals surface area contributed by atoms with Gasteiger partial charge in [0.15, 0.2) is 0 Å². The first-order valence-corrected chi connectivity index (χ1v) is 7.04. The number of nitrogens with one attached hydrogen (secondary N) is 1. The molecule has 1 aliphatic carbocycles. The Bertz CT molecular complexity index is 585. The summed E-state index contributed by atoms with van der Waals surface area (Å²) in [5, 5.41) is 12.0. The minimum Gasteiger partial charge on any atom is -0.396 e. The van der Waals surface area contributed by atoms with Gasteiger partial charge in [-0.3, -0.25) is 14.5 Å². The molecule has 0 bridgehead atoms. The van der Waals surface area contributed by atoms with Gasteiger partial charge in [-0.1, -0.05) is 24.8 Å². The number of nitrogens with zero attached hydrogens (tertiary/aromatic N) is 1. The molecule has 0 saturated heterocycles. The van der Waals surface area contributed by atoms with E-state index in [9.17, 15) is 14.7 Å². The molecule has 0 aromatic heterocycles. The summed E-state index contributed by atoms with van der Waals surface area (Å²) in [6.45, 7) is 4.42. The van der Waals surface area contributed by atoms with Crippen molar-refractivity contribution < 1.29 is 14.7 Å². The zero-order valence-electron chi connectivity index (χ0n) is 11.8. The van der Waals surface area contributed by atoms with Crippen molar-refractivity contribution in [3.8, 4) is 0 Å². The van der Waals surface area contributed by atoms with E-state index < -0.39 is 0 Å². The molecule has 110 valence electrons. The number of fused-ring (bicyclic) bond motifs is 1. The second kappa shape index (κ2) is 5.00. The smallest absolute Gasteiger partial charge is 0.259 e. The largest absolute Gasteiger partial charge is 0.396 e. The van der Waals surface area contributed by atoms with Gasteiger partial charge in [-0.05, 0) is 18.9 Å². The average molecular weight is 286 g/mol. The van der Waals surface area contributed by atoms with Crippen LogP contribution in [-0.2, 0) is 4.79 Å². The highest BCUT2D eigenvalue weighted by Crippen LogP contribution is 2.44. The fraction of sp³-hybridized carbons (Fsp3) is 0.375. The van der Waals surface area contributed by atoms with Crippen LogP contribution in [0.15, 0.2) is 30.8 Å². The maximum absolute atomic E-state index is 12.3. The number of rotatable bonds is 5. The molecule has 0 unspecified atom stereocenters. The summed E-state index contributed by atoms with van der Waals surface area (Å²) in [5.74, 6) is -0.411. The van der Waals surface area contributed by atoms with Gasteiger partial charge < -0.3 is 10.4 Å². The molecule has 2 N–H and O–H groups in total. The van der Waals surface area contributed by atoms with Gasteiger partial charge in [0.25, 0.3) is 5.91 Å². The Morgan fingerprint density at radius 3 is 2.57 bits per heavy atom. The van der Waals surface area contributed by atoms with Crippen molar-refractivity contribution in [3.63, 3.8) is 0 Å². The molecule has 1 heterocycles. The summed E-state index contributed by atoms with van der Waals surface area (Å²) in [4.78, 5) is 25.7. The first-order chi connectivity index (χ1) is 10.1. The molecule has 0 radical (unpaired) electrons. The van der Waals surface area contributed by atoms with Crippen LogP contribution in [0.1, 0.15) is 28.8 Å². The molecule has 2 amide bonds. The Morgan fingerprint density at radius 1 is 1.33 bits per heavy atom. The molecule has 0 spiro atoms. The molecule has 1 aromatic rings. The molecule has 21 heavy (non-hydrogen) atoms. The first kappa shape index (κ1) is 13.8. The van der Waals surface area contributed by atoms with Crippen molar-refractivity contribution in [2.24, 2.45) is 5.41 Å². The lowest BCUT2D eigenvalue weighted by atomic mass is 10.1. The summed E-state index contributed by atoms with van der Waals surface area (Å²) >= 11 is 0. The van der Waals surface area contributed by atoms with Gasteiger partial charge in [-0.25, -0.2) is 0 Å². The second-order valence-electron chi connectivity index (χ2n) is 5.82. The standard InChI is InChI=1S/C16H18N2O3/c1-11-12-4-2-3-5-13(12)15(21)18(11)8-14(20)17-9-16(10-19)6-7-16/h2-5,19H,1,6-10H2,(H,17,20). The molecule has 5 heteroatoms. The third-order valence-electron chi connectivity index (χ3n) is 4.29. The van der Waals surface area contributed by atoms with Crippen LogP contribution in [-0.4, -0.2) is 41.5 Å². The van der Waals surface area contributed by atoms with Crippen LogP contribution in [0.2, 0.25) is 0 Å². The molecule has 1 aliphatic heterocycles. The quantitative estimate of drug-likeness (QED) is 0.848. The molecule has 1 saturated carbocycles.